The minimum Gasteiger partial charge on any atom is -0.398 e. The van der Waals surface area contributed by atoms with Gasteiger partial charge in [0.25, 0.3) is 10.0 Å². The largest absolute Gasteiger partial charge is 0.398 e. The molecule has 2 aromatic rings. The predicted molar refractivity (Wildman–Crippen MR) is 68.5 cm³/mol. The van der Waals surface area contributed by atoms with Gasteiger partial charge >= 0.3 is 0 Å². The average molecular weight is 269 g/mol. The molecular formula is C10H11N3O2S2. The van der Waals surface area contributed by atoms with E-state index >= 15 is 0 Å². The minimum atomic E-state index is -3.56. The van der Waals surface area contributed by atoms with Gasteiger partial charge in [-0.05, 0) is 25.1 Å². The number of rotatable bonds is 3. The molecule has 0 aromatic carbocycles. The summed E-state index contributed by atoms with van der Waals surface area (Å²) in [7, 11) is -3.56. The third-order valence-electron chi connectivity index (χ3n) is 2.02. The number of anilines is 2. The molecule has 0 radical (unpaired) electrons. The van der Waals surface area contributed by atoms with Crippen LogP contribution in [0.5, 0.6) is 0 Å². The lowest BCUT2D eigenvalue weighted by molar-refractivity contribution is 0.603. The fraction of sp³-hybridized carbons (Fsp3) is 0.100. The maximum Gasteiger partial charge on any atom is 0.271 e. The molecular weight excluding hydrogens is 258 g/mol. The Balaban J connectivity index is 2.26. The Kier molecular flexibility index (Phi) is 3.03. The van der Waals surface area contributed by atoms with Gasteiger partial charge < -0.3 is 5.73 Å². The molecule has 7 heteroatoms. The van der Waals surface area contributed by atoms with E-state index in [9.17, 15) is 8.42 Å². The number of thiophene rings is 1. The molecule has 0 saturated heterocycles. The summed E-state index contributed by atoms with van der Waals surface area (Å²) in [5.74, 6) is 0. The molecule has 0 fully saturated rings. The second-order valence-corrected chi connectivity index (χ2v) is 6.31. The Labute approximate surface area is 103 Å². The van der Waals surface area contributed by atoms with Crippen molar-refractivity contribution < 1.29 is 8.42 Å². The normalized spacial score (nSPS) is 11.4. The number of nitrogens with one attached hydrogen (secondary N) is 1. The van der Waals surface area contributed by atoms with E-state index in [-0.39, 0.29) is 4.21 Å². The number of nitrogens with zero attached hydrogens (tertiary/aromatic N) is 1. The highest BCUT2D eigenvalue weighted by Crippen LogP contribution is 2.23. The zero-order valence-corrected chi connectivity index (χ0v) is 10.7. The van der Waals surface area contributed by atoms with E-state index in [1.807, 2.05) is 6.92 Å². The number of hydrogen-bond acceptors (Lipinski definition) is 5. The molecule has 0 unspecified atom stereocenters. The summed E-state index contributed by atoms with van der Waals surface area (Å²) in [6.07, 6.45) is 1.48. The molecule has 2 rings (SSSR count). The van der Waals surface area contributed by atoms with Crippen LogP contribution in [0.2, 0.25) is 0 Å². The van der Waals surface area contributed by atoms with Crippen LogP contribution < -0.4 is 10.5 Å². The third kappa shape index (κ3) is 2.75. The van der Waals surface area contributed by atoms with Gasteiger partial charge in [0.2, 0.25) is 0 Å². The maximum atomic E-state index is 11.9. The molecule has 0 atom stereocenters. The van der Waals surface area contributed by atoms with Crippen molar-refractivity contribution in [1.29, 1.82) is 0 Å². The molecule has 0 aliphatic carbocycles. The Bertz CT molecular complexity index is 617. The minimum absolute atomic E-state index is 0.190. The first-order valence-electron chi connectivity index (χ1n) is 4.77. The van der Waals surface area contributed by atoms with E-state index in [1.54, 1.807) is 17.5 Å². The van der Waals surface area contributed by atoms with Gasteiger partial charge in [-0.2, -0.15) is 0 Å². The van der Waals surface area contributed by atoms with Crippen LogP contribution in [0.3, 0.4) is 0 Å². The van der Waals surface area contributed by atoms with Crippen LogP contribution in [-0.2, 0) is 10.0 Å². The number of sulfonamides is 1. The molecule has 90 valence electrons. The van der Waals surface area contributed by atoms with Crippen molar-refractivity contribution in [3.8, 4) is 0 Å². The van der Waals surface area contributed by atoms with Crippen LogP contribution in [0.25, 0.3) is 0 Å². The summed E-state index contributed by atoms with van der Waals surface area (Å²) >= 11 is 1.08. The Morgan fingerprint density at radius 3 is 2.71 bits per heavy atom. The topological polar surface area (TPSA) is 85.1 Å². The van der Waals surface area contributed by atoms with E-state index < -0.39 is 10.0 Å². The molecule has 0 spiro atoms. The summed E-state index contributed by atoms with van der Waals surface area (Å²) < 4.78 is 26.5. The van der Waals surface area contributed by atoms with Crippen LogP contribution in [0.1, 0.15) is 5.69 Å². The highest BCUT2D eigenvalue weighted by atomic mass is 32.2. The van der Waals surface area contributed by atoms with Crippen LogP contribution in [0.4, 0.5) is 11.4 Å². The summed E-state index contributed by atoms with van der Waals surface area (Å²) in [6.45, 7) is 1.83. The molecule has 17 heavy (non-hydrogen) atoms. The van der Waals surface area contributed by atoms with Crippen LogP contribution in [0, 0.1) is 6.92 Å². The first-order chi connectivity index (χ1) is 7.97. The summed E-state index contributed by atoms with van der Waals surface area (Å²) in [5, 5.41) is 1.59. The lowest BCUT2D eigenvalue weighted by Gasteiger charge is -2.05. The van der Waals surface area contributed by atoms with E-state index in [1.165, 1.54) is 12.3 Å². The SMILES string of the molecule is Cc1ccc(NS(=O)(=O)c2cc(N)cs2)cn1. The van der Waals surface area contributed by atoms with Crippen molar-refractivity contribution >= 4 is 32.7 Å². The highest BCUT2D eigenvalue weighted by molar-refractivity contribution is 7.94. The number of aromatic nitrogens is 1. The van der Waals surface area contributed by atoms with Gasteiger partial charge in [0.05, 0.1) is 11.9 Å². The lowest BCUT2D eigenvalue weighted by Crippen LogP contribution is -2.11. The highest BCUT2D eigenvalue weighted by Gasteiger charge is 2.16. The van der Waals surface area contributed by atoms with Gasteiger partial charge in [0.1, 0.15) is 4.21 Å². The summed E-state index contributed by atoms with van der Waals surface area (Å²) in [4.78, 5) is 4.01. The van der Waals surface area contributed by atoms with Crippen molar-refractivity contribution in [2.24, 2.45) is 0 Å². The van der Waals surface area contributed by atoms with Crippen molar-refractivity contribution in [1.82, 2.24) is 4.98 Å². The van der Waals surface area contributed by atoms with Gasteiger partial charge in [-0.3, -0.25) is 9.71 Å². The van der Waals surface area contributed by atoms with Crippen LogP contribution in [-0.4, -0.2) is 13.4 Å². The predicted octanol–water partition coefficient (Wildman–Crippen LogP) is 1.83. The first-order valence-corrected chi connectivity index (χ1v) is 7.13. The van der Waals surface area contributed by atoms with E-state index in [2.05, 4.69) is 9.71 Å². The Morgan fingerprint density at radius 1 is 1.41 bits per heavy atom. The van der Waals surface area contributed by atoms with E-state index in [0.717, 1.165) is 17.0 Å². The molecule has 0 saturated carbocycles. The van der Waals surface area contributed by atoms with Gasteiger partial charge in [-0.1, -0.05) is 0 Å². The number of nitrogens with two attached hydrogens (primary N) is 1. The molecule has 2 aromatic heterocycles. The molecule has 5 nitrogen and oxygen atoms in total. The van der Waals surface area contributed by atoms with Gasteiger partial charge in [0.15, 0.2) is 0 Å². The third-order valence-corrected chi connectivity index (χ3v) is 4.86. The smallest absolute Gasteiger partial charge is 0.271 e. The fourth-order valence-corrected chi connectivity index (χ4v) is 3.33. The molecule has 3 N–H and O–H groups in total. The van der Waals surface area contributed by atoms with Gasteiger partial charge in [-0.15, -0.1) is 11.3 Å². The fourth-order valence-electron chi connectivity index (χ4n) is 1.20. The number of hydrogen-bond donors (Lipinski definition) is 2. The second kappa shape index (κ2) is 4.34. The van der Waals surface area contributed by atoms with Crippen molar-refractivity contribution in [3.05, 3.63) is 35.5 Å². The summed E-state index contributed by atoms with van der Waals surface area (Å²) in [6, 6.07) is 4.83. The van der Waals surface area contributed by atoms with Crippen molar-refractivity contribution in [2.45, 2.75) is 11.1 Å². The number of aryl methyl sites for hydroxylation is 1. The lowest BCUT2D eigenvalue weighted by atomic mass is 10.4. The first kappa shape index (κ1) is 11.9. The van der Waals surface area contributed by atoms with Crippen LogP contribution >= 0.6 is 11.3 Å². The zero-order valence-electron chi connectivity index (χ0n) is 9.04. The Hall–Kier alpha value is -1.60. The molecule has 0 aliphatic heterocycles. The average Bonchev–Trinajstić information content (AvgIpc) is 2.69. The quantitative estimate of drug-likeness (QED) is 0.890. The number of pyridine rings is 1. The number of nitrogen functional groups attached to an aromatic ring is 1. The second-order valence-electron chi connectivity index (χ2n) is 3.49. The monoisotopic (exact) mass is 269 g/mol. The van der Waals surface area contributed by atoms with E-state index in [0.29, 0.717) is 11.4 Å². The van der Waals surface area contributed by atoms with Crippen molar-refractivity contribution in [3.63, 3.8) is 0 Å². The standard InChI is InChI=1S/C10H11N3O2S2/c1-7-2-3-9(5-12-7)13-17(14,15)10-4-8(11)6-16-10/h2-6,13H,11H2,1H3. The maximum absolute atomic E-state index is 11.9. The van der Waals surface area contributed by atoms with Crippen LogP contribution in [0.15, 0.2) is 34.0 Å². The van der Waals surface area contributed by atoms with Gasteiger partial charge in [-0.25, -0.2) is 8.42 Å². The molecule has 0 bridgehead atoms. The van der Waals surface area contributed by atoms with Crippen molar-refractivity contribution in [2.75, 3.05) is 10.5 Å². The Morgan fingerprint density at radius 2 is 2.18 bits per heavy atom. The van der Waals surface area contributed by atoms with Gasteiger partial charge in [0, 0.05) is 16.8 Å². The zero-order chi connectivity index (χ0) is 12.5. The molecule has 0 aliphatic rings. The molecule has 0 amide bonds. The van der Waals surface area contributed by atoms with E-state index in [4.69, 9.17) is 5.73 Å². The summed E-state index contributed by atoms with van der Waals surface area (Å²) in [5.41, 5.74) is 7.20. The molecule has 2 heterocycles.